The predicted octanol–water partition coefficient (Wildman–Crippen LogP) is 3.48. The second kappa shape index (κ2) is 8.29. The molecule has 0 aromatic heterocycles. The molecule has 0 aliphatic carbocycles. The molecule has 0 aliphatic rings. The molecule has 4 heteroatoms. The number of benzene rings is 2. The van der Waals surface area contributed by atoms with Gasteiger partial charge in [-0.1, -0.05) is 56.3 Å². The quantitative estimate of drug-likeness (QED) is 0.819. The minimum absolute atomic E-state index is 0.0980. The third-order valence-electron chi connectivity index (χ3n) is 4.09. The zero-order valence-corrected chi connectivity index (χ0v) is 14.0. The van der Waals surface area contributed by atoms with Gasteiger partial charge >= 0.3 is 5.97 Å². The van der Waals surface area contributed by atoms with Gasteiger partial charge in [0.15, 0.2) is 0 Å². The van der Waals surface area contributed by atoms with Gasteiger partial charge in [-0.25, -0.2) is 4.79 Å². The lowest BCUT2D eigenvalue weighted by atomic mass is 9.88. The highest BCUT2D eigenvalue weighted by atomic mass is 16.4. The number of carboxylic acid groups (broad SMARTS) is 1. The summed E-state index contributed by atoms with van der Waals surface area (Å²) in [5.74, 6) is -0.427. The highest BCUT2D eigenvalue weighted by Crippen LogP contribution is 2.23. The number of rotatable bonds is 7. The van der Waals surface area contributed by atoms with Crippen LogP contribution in [0.25, 0.3) is 0 Å². The molecule has 0 aliphatic heterocycles. The second-order valence-electron chi connectivity index (χ2n) is 6.25. The highest BCUT2D eigenvalue weighted by Gasteiger charge is 2.17. The SMILES string of the molecule is CC(C)C(CNC(=O)Cc1cccc(C(=O)O)c1)c1ccccc1. The molecule has 1 amide bonds. The van der Waals surface area contributed by atoms with Gasteiger partial charge < -0.3 is 10.4 Å². The first-order valence-electron chi connectivity index (χ1n) is 8.11. The van der Waals surface area contributed by atoms with E-state index < -0.39 is 5.97 Å². The Morgan fingerprint density at radius 3 is 2.38 bits per heavy atom. The first-order valence-corrected chi connectivity index (χ1v) is 8.11. The molecule has 126 valence electrons. The Hall–Kier alpha value is -2.62. The minimum atomic E-state index is -0.985. The van der Waals surface area contributed by atoms with E-state index in [-0.39, 0.29) is 23.8 Å². The van der Waals surface area contributed by atoms with Crippen molar-refractivity contribution < 1.29 is 14.7 Å². The van der Waals surface area contributed by atoms with E-state index in [1.54, 1.807) is 18.2 Å². The highest BCUT2D eigenvalue weighted by molar-refractivity contribution is 5.88. The van der Waals surface area contributed by atoms with Crippen molar-refractivity contribution in [1.29, 1.82) is 0 Å². The van der Waals surface area contributed by atoms with Gasteiger partial charge in [-0.15, -0.1) is 0 Å². The Labute approximate surface area is 142 Å². The molecular weight excluding hydrogens is 302 g/mol. The minimum Gasteiger partial charge on any atom is -0.478 e. The molecule has 0 saturated heterocycles. The maximum Gasteiger partial charge on any atom is 0.335 e. The van der Waals surface area contributed by atoms with Crippen molar-refractivity contribution >= 4 is 11.9 Å². The number of hydrogen-bond acceptors (Lipinski definition) is 2. The molecule has 2 rings (SSSR count). The molecule has 2 N–H and O–H groups in total. The molecule has 0 fully saturated rings. The van der Waals surface area contributed by atoms with Crippen molar-refractivity contribution in [2.45, 2.75) is 26.2 Å². The average molecular weight is 325 g/mol. The molecule has 4 nitrogen and oxygen atoms in total. The van der Waals surface area contributed by atoms with Crippen LogP contribution in [-0.2, 0) is 11.2 Å². The molecule has 24 heavy (non-hydrogen) atoms. The van der Waals surface area contributed by atoms with Crippen LogP contribution < -0.4 is 5.32 Å². The summed E-state index contributed by atoms with van der Waals surface area (Å²) in [5, 5.41) is 12.0. The van der Waals surface area contributed by atoms with Crippen LogP contribution in [0.4, 0.5) is 0 Å². The lowest BCUT2D eigenvalue weighted by molar-refractivity contribution is -0.120. The Morgan fingerprint density at radius 2 is 1.75 bits per heavy atom. The fourth-order valence-corrected chi connectivity index (χ4v) is 2.72. The summed E-state index contributed by atoms with van der Waals surface area (Å²) in [4.78, 5) is 23.2. The van der Waals surface area contributed by atoms with Gasteiger partial charge in [0.25, 0.3) is 0 Å². The Morgan fingerprint density at radius 1 is 1.04 bits per heavy atom. The van der Waals surface area contributed by atoms with Gasteiger partial charge in [0.2, 0.25) is 5.91 Å². The van der Waals surface area contributed by atoms with Crippen molar-refractivity contribution in [2.24, 2.45) is 5.92 Å². The third-order valence-corrected chi connectivity index (χ3v) is 4.09. The van der Waals surface area contributed by atoms with E-state index in [4.69, 9.17) is 5.11 Å². The summed E-state index contributed by atoms with van der Waals surface area (Å²) in [6.07, 6.45) is 0.181. The Bertz CT molecular complexity index is 695. The molecule has 0 saturated carbocycles. The van der Waals surface area contributed by atoms with E-state index >= 15 is 0 Å². The smallest absolute Gasteiger partial charge is 0.335 e. The number of carbonyl (C=O) groups is 2. The van der Waals surface area contributed by atoms with Crippen LogP contribution in [0, 0.1) is 5.92 Å². The van der Waals surface area contributed by atoms with E-state index in [2.05, 4.69) is 31.3 Å². The Balaban J connectivity index is 1.96. The van der Waals surface area contributed by atoms with Crippen molar-refractivity contribution in [3.8, 4) is 0 Å². The normalized spacial score (nSPS) is 12.0. The predicted molar refractivity (Wildman–Crippen MR) is 94.1 cm³/mol. The maximum absolute atomic E-state index is 12.2. The van der Waals surface area contributed by atoms with Gasteiger partial charge in [0, 0.05) is 12.5 Å². The molecule has 2 aromatic carbocycles. The van der Waals surface area contributed by atoms with Crippen LogP contribution in [0.2, 0.25) is 0 Å². The summed E-state index contributed by atoms with van der Waals surface area (Å²) in [5.41, 5.74) is 2.11. The average Bonchev–Trinajstić information content (AvgIpc) is 2.56. The number of hydrogen-bond donors (Lipinski definition) is 2. The summed E-state index contributed by atoms with van der Waals surface area (Å²) >= 11 is 0. The number of aromatic carboxylic acids is 1. The summed E-state index contributed by atoms with van der Waals surface area (Å²) in [6, 6.07) is 16.6. The largest absolute Gasteiger partial charge is 0.478 e. The zero-order chi connectivity index (χ0) is 17.5. The maximum atomic E-state index is 12.2. The van der Waals surface area contributed by atoms with Gasteiger partial charge in [-0.2, -0.15) is 0 Å². The fourth-order valence-electron chi connectivity index (χ4n) is 2.72. The number of carbonyl (C=O) groups excluding carboxylic acids is 1. The number of carboxylic acids is 1. The van der Waals surface area contributed by atoms with Crippen LogP contribution in [0.3, 0.4) is 0 Å². The van der Waals surface area contributed by atoms with Crippen LogP contribution in [0.5, 0.6) is 0 Å². The topological polar surface area (TPSA) is 66.4 Å². The van der Waals surface area contributed by atoms with Gasteiger partial charge in [0.05, 0.1) is 12.0 Å². The van der Waals surface area contributed by atoms with Crippen molar-refractivity contribution in [3.63, 3.8) is 0 Å². The summed E-state index contributed by atoms with van der Waals surface area (Å²) in [6.45, 7) is 4.85. The van der Waals surface area contributed by atoms with Gasteiger partial charge in [-0.05, 0) is 29.2 Å². The summed E-state index contributed by atoms with van der Waals surface area (Å²) < 4.78 is 0. The van der Waals surface area contributed by atoms with E-state index in [0.29, 0.717) is 18.0 Å². The monoisotopic (exact) mass is 325 g/mol. The fraction of sp³-hybridized carbons (Fsp3) is 0.300. The van der Waals surface area contributed by atoms with Crippen molar-refractivity contribution in [2.75, 3.05) is 6.54 Å². The van der Waals surface area contributed by atoms with Crippen molar-refractivity contribution in [1.82, 2.24) is 5.32 Å². The lowest BCUT2D eigenvalue weighted by Crippen LogP contribution is -2.31. The molecule has 1 unspecified atom stereocenters. The van der Waals surface area contributed by atoms with E-state index in [0.717, 1.165) is 0 Å². The lowest BCUT2D eigenvalue weighted by Gasteiger charge is -2.22. The van der Waals surface area contributed by atoms with E-state index in [9.17, 15) is 9.59 Å². The molecule has 0 radical (unpaired) electrons. The van der Waals surface area contributed by atoms with Crippen LogP contribution in [0.1, 0.15) is 41.3 Å². The third kappa shape index (κ3) is 4.95. The molecule has 0 spiro atoms. The van der Waals surface area contributed by atoms with Gasteiger partial charge in [-0.3, -0.25) is 4.79 Å². The standard InChI is InChI=1S/C20H23NO3/c1-14(2)18(16-8-4-3-5-9-16)13-21-19(22)12-15-7-6-10-17(11-15)20(23)24/h3-11,14,18H,12-13H2,1-2H3,(H,21,22)(H,23,24). The first-order chi connectivity index (χ1) is 11.5. The van der Waals surface area contributed by atoms with Crippen LogP contribution in [-0.4, -0.2) is 23.5 Å². The van der Waals surface area contributed by atoms with Crippen LogP contribution >= 0.6 is 0 Å². The van der Waals surface area contributed by atoms with E-state index in [1.165, 1.54) is 11.6 Å². The van der Waals surface area contributed by atoms with Gasteiger partial charge in [0.1, 0.15) is 0 Å². The second-order valence-corrected chi connectivity index (χ2v) is 6.25. The Kier molecular flexibility index (Phi) is 6.13. The molecule has 2 aromatic rings. The molecular formula is C20H23NO3. The number of nitrogens with one attached hydrogen (secondary N) is 1. The molecule has 0 heterocycles. The van der Waals surface area contributed by atoms with Crippen molar-refractivity contribution in [3.05, 3.63) is 71.3 Å². The summed E-state index contributed by atoms with van der Waals surface area (Å²) in [7, 11) is 0. The first kappa shape index (κ1) is 17.7. The van der Waals surface area contributed by atoms with Crippen LogP contribution in [0.15, 0.2) is 54.6 Å². The number of amides is 1. The molecule has 0 bridgehead atoms. The molecule has 1 atom stereocenters. The zero-order valence-electron chi connectivity index (χ0n) is 14.0. The van der Waals surface area contributed by atoms with E-state index in [1.807, 2.05) is 18.2 Å².